The molecule has 0 radical (unpaired) electrons. The number of hydrogen-bond donors (Lipinski definition) is 2. The van der Waals surface area contributed by atoms with Gasteiger partial charge in [-0.05, 0) is 12.1 Å². The van der Waals surface area contributed by atoms with Crippen LogP contribution in [0.15, 0.2) is 24.3 Å². The number of carbonyl (C=O) groups is 3. The summed E-state index contributed by atoms with van der Waals surface area (Å²) in [5, 5.41) is 57.7. The van der Waals surface area contributed by atoms with Crippen molar-refractivity contribution in [1.29, 1.82) is 0 Å². The van der Waals surface area contributed by atoms with Gasteiger partial charge in [0.05, 0.1) is 10.9 Å². The molecule has 0 bridgehead atoms. The summed E-state index contributed by atoms with van der Waals surface area (Å²) in [7, 11) is 0. The molecule has 0 saturated heterocycles. The maximum absolute atomic E-state index is 10.1. The summed E-state index contributed by atoms with van der Waals surface area (Å²) in [4.78, 5) is 39.5. The minimum absolute atomic E-state index is 0. The molecule has 0 spiro atoms. The van der Waals surface area contributed by atoms with Crippen LogP contribution < -0.4 is 104 Å². The molecule has 0 fully saturated rings. The number of benzene rings is 1. The molecule has 0 saturated carbocycles. The number of phenols is 1. The molecule has 0 amide bonds. The molecule has 0 atom stereocenters. The molecular weight excluding hydrogens is 419 g/mol. The minimum atomic E-state index is -2.97. The molecule has 0 aliphatic carbocycles. The monoisotopic (exact) mass is 433 g/mol. The van der Waals surface area contributed by atoms with E-state index in [0.717, 1.165) is 0 Å². The van der Waals surface area contributed by atoms with Crippen LogP contribution in [-0.2, 0) is 14.4 Å². The van der Waals surface area contributed by atoms with E-state index in [0.29, 0.717) is 0 Å². The number of nitro groups is 1. The van der Waals surface area contributed by atoms with Gasteiger partial charge in [-0.25, -0.2) is 0 Å². The van der Waals surface area contributed by atoms with Crippen molar-refractivity contribution >= 4 is 23.6 Å². The second-order valence-electron chi connectivity index (χ2n) is 4.19. The second-order valence-corrected chi connectivity index (χ2v) is 4.19. The molecular formula is C12H14NNa3O12. The van der Waals surface area contributed by atoms with Crippen LogP contribution >= 0.6 is 0 Å². The van der Waals surface area contributed by atoms with E-state index >= 15 is 0 Å². The number of carboxylic acid groups (broad SMARTS) is 3. The largest absolute Gasteiger partial charge is 1.00 e. The van der Waals surface area contributed by atoms with Gasteiger partial charge in [-0.3, -0.25) is 10.1 Å². The molecule has 6 N–H and O–H groups in total. The number of aliphatic hydroxyl groups is 1. The first-order valence-corrected chi connectivity index (χ1v) is 5.75. The summed E-state index contributed by atoms with van der Waals surface area (Å²) in [6.45, 7) is 0. The van der Waals surface area contributed by atoms with Crippen LogP contribution in [0, 0.1) is 10.1 Å². The molecule has 1 aromatic rings. The van der Waals surface area contributed by atoms with Gasteiger partial charge in [-0.1, -0.05) is 0 Å². The summed E-state index contributed by atoms with van der Waals surface area (Å²) < 4.78 is 0. The number of nitrogens with zero attached hydrogens (tertiary/aromatic N) is 1. The molecule has 0 unspecified atom stereocenters. The fraction of sp³-hybridized carbons (Fsp3) is 0.250. The van der Waals surface area contributed by atoms with Gasteiger partial charge in [0.15, 0.2) is 0 Å². The van der Waals surface area contributed by atoms with Crippen molar-refractivity contribution in [3.63, 3.8) is 0 Å². The fourth-order valence-corrected chi connectivity index (χ4v) is 1.26. The number of rotatable bonds is 6. The zero-order valence-electron chi connectivity index (χ0n) is 15.3. The number of nitro benzene ring substituents is 1. The van der Waals surface area contributed by atoms with Crippen LogP contribution in [0.2, 0.25) is 0 Å². The van der Waals surface area contributed by atoms with Crippen molar-refractivity contribution in [1.82, 2.24) is 0 Å². The van der Waals surface area contributed by atoms with Gasteiger partial charge >= 0.3 is 88.7 Å². The molecule has 0 aliphatic rings. The van der Waals surface area contributed by atoms with E-state index in [-0.39, 0.29) is 111 Å². The Morgan fingerprint density at radius 2 is 1.21 bits per heavy atom. The maximum Gasteiger partial charge on any atom is 1.00 e. The van der Waals surface area contributed by atoms with Crippen molar-refractivity contribution in [2.75, 3.05) is 0 Å². The van der Waals surface area contributed by atoms with Crippen LogP contribution in [0.5, 0.6) is 5.75 Å². The van der Waals surface area contributed by atoms with Gasteiger partial charge in [0, 0.05) is 36.9 Å². The van der Waals surface area contributed by atoms with Crippen molar-refractivity contribution in [3.05, 3.63) is 34.4 Å². The van der Waals surface area contributed by atoms with Gasteiger partial charge in [0.25, 0.3) is 5.69 Å². The average molecular weight is 433 g/mol. The Kier molecular flexibility index (Phi) is 30.0. The van der Waals surface area contributed by atoms with Crippen LogP contribution in [0.3, 0.4) is 0 Å². The van der Waals surface area contributed by atoms with Crippen LogP contribution in [0.4, 0.5) is 5.69 Å². The zero-order chi connectivity index (χ0) is 18.2. The van der Waals surface area contributed by atoms with Gasteiger partial charge < -0.3 is 50.9 Å². The van der Waals surface area contributed by atoms with Crippen LogP contribution in [0.1, 0.15) is 12.8 Å². The Labute approximate surface area is 224 Å². The van der Waals surface area contributed by atoms with Gasteiger partial charge in [-0.2, -0.15) is 0 Å². The summed E-state index contributed by atoms with van der Waals surface area (Å²) >= 11 is 0. The summed E-state index contributed by atoms with van der Waals surface area (Å²) in [6.07, 6.45) is -2.72. The number of hydrogen-bond acceptors (Lipinski definition) is 10. The SMILES string of the molecule is O.O.O=C([O-])CC(O)(CC(=O)[O-])C(=O)[O-].O=[N+]([O-])c1ccc(O)cc1.[Na+].[Na+].[Na+]. The third kappa shape index (κ3) is 17.8. The fourth-order valence-electron chi connectivity index (χ4n) is 1.26. The molecule has 28 heavy (non-hydrogen) atoms. The molecule has 142 valence electrons. The average Bonchev–Trinajstić information content (AvgIpc) is 2.37. The number of phenolic OH excluding ortho intramolecular Hbond substituents is 1. The van der Waals surface area contributed by atoms with E-state index in [1.54, 1.807) is 0 Å². The van der Waals surface area contributed by atoms with E-state index in [2.05, 4.69) is 0 Å². The van der Waals surface area contributed by atoms with E-state index < -0.39 is 41.3 Å². The van der Waals surface area contributed by atoms with E-state index in [1.807, 2.05) is 0 Å². The molecule has 0 aliphatic heterocycles. The van der Waals surface area contributed by atoms with Gasteiger partial charge in [0.1, 0.15) is 11.4 Å². The van der Waals surface area contributed by atoms with Crippen molar-refractivity contribution in [2.24, 2.45) is 0 Å². The number of aliphatic carboxylic acids is 3. The molecule has 1 aromatic carbocycles. The summed E-state index contributed by atoms with van der Waals surface area (Å²) in [5.41, 5.74) is -2.99. The van der Waals surface area contributed by atoms with E-state index in [1.165, 1.54) is 24.3 Å². The Bertz CT molecular complexity index is 594. The molecule has 0 heterocycles. The number of carbonyl (C=O) groups excluding carboxylic acids is 3. The molecule has 13 nitrogen and oxygen atoms in total. The predicted octanol–water partition coefficient (Wildman–Crippen LogP) is -14.6. The normalized spacial score (nSPS) is 8.32. The zero-order valence-corrected chi connectivity index (χ0v) is 21.3. The standard InChI is InChI=1S/C6H5NO3.C6H8O7.3Na.2H2O/c8-6-3-1-5(2-4-6)7(9)10;7-3(8)1-6(13,5(11)12)2-4(9)10;;;;;/h1-4,8H;13H,1-2H2,(H,7,8)(H,9,10)(H,11,12);;;;2*1H2/q;;3*+1;;/p-3. The smallest absolute Gasteiger partial charge is 0.550 e. The van der Waals surface area contributed by atoms with Gasteiger partial charge in [0.2, 0.25) is 0 Å². The topological polar surface area (TPSA) is 267 Å². The van der Waals surface area contributed by atoms with Crippen molar-refractivity contribution < 1.29 is 144 Å². The maximum atomic E-state index is 10.1. The first-order chi connectivity index (χ1) is 10.5. The van der Waals surface area contributed by atoms with Crippen molar-refractivity contribution in [2.45, 2.75) is 18.4 Å². The predicted molar refractivity (Wildman–Crippen MR) is 71.2 cm³/mol. The van der Waals surface area contributed by atoms with E-state index in [4.69, 9.17) is 10.2 Å². The summed E-state index contributed by atoms with van der Waals surface area (Å²) in [5.74, 6) is -5.95. The Morgan fingerprint density at radius 3 is 1.43 bits per heavy atom. The minimum Gasteiger partial charge on any atom is -0.550 e. The molecule has 16 heteroatoms. The van der Waals surface area contributed by atoms with Crippen LogP contribution in [-0.4, -0.2) is 49.6 Å². The summed E-state index contributed by atoms with van der Waals surface area (Å²) in [6, 6.07) is 5.04. The first-order valence-electron chi connectivity index (χ1n) is 5.75. The molecule has 1 rings (SSSR count). The number of aromatic hydroxyl groups is 1. The van der Waals surface area contributed by atoms with E-state index in [9.17, 15) is 39.8 Å². The Morgan fingerprint density at radius 1 is 0.893 bits per heavy atom. The second kappa shape index (κ2) is 20.0. The third-order valence-electron chi connectivity index (χ3n) is 2.31. The Balaban J connectivity index is -0.0000000746. The number of carboxylic acids is 3. The van der Waals surface area contributed by atoms with Crippen LogP contribution in [0.25, 0.3) is 0 Å². The third-order valence-corrected chi connectivity index (χ3v) is 2.31. The van der Waals surface area contributed by atoms with Gasteiger partial charge in [-0.15, -0.1) is 0 Å². The number of non-ortho nitro benzene ring substituents is 1. The first kappa shape index (κ1) is 41.9. The van der Waals surface area contributed by atoms with Crippen molar-refractivity contribution in [3.8, 4) is 5.75 Å². The molecule has 0 aromatic heterocycles. The Hall–Kier alpha value is -0.290. The quantitative estimate of drug-likeness (QED) is 0.243.